The average molecular weight is 296 g/mol. The van der Waals surface area contributed by atoms with Gasteiger partial charge in [0.1, 0.15) is 5.75 Å². The molecule has 0 aliphatic heterocycles. The van der Waals surface area contributed by atoms with Crippen molar-refractivity contribution in [2.24, 2.45) is 5.92 Å². The van der Waals surface area contributed by atoms with Crippen molar-refractivity contribution in [1.29, 1.82) is 0 Å². The Morgan fingerprint density at radius 2 is 1.95 bits per heavy atom. The number of para-hydroxylation sites is 1. The summed E-state index contributed by atoms with van der Waals surface area (Å²) >= 11 is 0. The number of halogens is 1. The van der Waals surface area contributed by atoms with Gasteiger partial charge in [0.05, 0.1) is 5.69 Å². The van der Waals surface area contributed by atoms with Crippen LogP contribution in [0.1, 0.15) is 25.1 Å². The Morgan fingerprint density at radius 1 is 1.20 bits per heavy atom. The lowest BCUT2D eigenvalue weighted by atomic mass is 10.2. The molecule has 0 saturated carbocycles. The second kappa shape index (κ2) is 7.92. The average Bonchev–Trinajstić information content (AvgIpc) is 2.78. The van der Waals surface area contributed by atoms with Crippen LogP contribution in [0.25, 0.3) is 0 Å². The molecule has 0 aliphatic carbocycles. The highest BCUT2D eigenvalue weighted by Crippen LogP contribution is 2.14. The summed E-state index contributed by atoms with van der Waals surface area (Å²) in [7, 11) is 0. The first-order chi connectivity index (χ1) is 9.15. The number of phenols is 1. The Balaban J connectivity index is 0.00000200. The van der Waals surface area contributed by atoms with Crippen LogP contribution in [0.4, 0.5) is 0 Å². The van der Waals surface area contributed by atoms with Crippen LogP contribution >= 0.6 is 12.4 Å². The van der Waals surface area contributed by atoms with Crippen LogP contribution in [-0.2, 0) is 19.6 Å². The molecule has 4 nitrogen and oxygen atoms in total. The molecule has 0 saturated heterocycles. The summed E-state index contributed by atoms with van der Waals surface area (Å²) in [5.41, 5.74) is 1.93. The van der Waals surface area contributed by atoms with Crippen LogP contribution in [0.2, 0.25) is 0 Å². The van der Waals surface area contributed by atoms with E-state index in [1.54, 1.807) is 6.07 Å². The molecule has 20 heavy (non-hydrogen) atoms. The Labute approximate surface area is 126 Å². The zero-order chi connectivity index (χ0) is 13.7. The Bertz CT molecular complexity index is 525. The van der Waals surface area contributed by atoms with Crippen molar-refractivity contribution in [3.63, 3.8) is 0 Å². The molecular weight excluding hydrogens is 274 g/mol. The fraction of sp³-hybridized carbons (Fsp3) is 0.400. The van der Waals surface area contributed by atoms with Gasteiger partial charge in [-0.3, -0.25) is 4.68 Å². The van der Waals surface area contributed by atoms with E-state index >= 15 is 0 Å². The van der Waals surface area contributed by atoms with Gasteiger partial charge in [-0.15, -0.1) is 12.4 Å². The third-order valence-corrected chi connectivity index (χ3v) is 2.86. The lowest BCUT2D eigenvalue weighted by Gasteiger charge is -2.06. The van der Waals surface area contributed by atoms with Crippen molar-refractivity contribution < 1.29 is 5.11 Å². The second-order valence-corrected chi connectivity index (χ2v) is 5.16. The van der Waals surface area contributed by atoms with E-state index in [0.29, 0.717) is 24.8 Å². The standard InChI is InChI=1S/C15H21N3O.ClH/c1-12(2)11-18-8-7-14(17-18)10-16-9-13-5-3-4-6-15(13)19;/h3-8,12,16,19H,9-11H2,1-2H3;1H. The van der Waals surface area contributed by atoms with Gasteiger partial charge in [-0.05, 0) is 18.1 Å². The van der Waals surface area contributed by atoms with Gasteiger partial charge >= 0.3 is 0 Å². The first-order valence-corrected chi connectivity index (χ1v) is 6.65. The van der Waals surface area contributed by atoms with E-state index in [-0.39, 0.29) is 12.4 Å². The fourth-order valence-corrected chi connectivity index (χ4v) is 1.96. The van der Waals surface area contributed by atoms with Crippen LogP contribution in [0.5, 0.6) is 5.75 Å². The SMILES string of the molecule is CC(C)Cn1ccc(CNCc2ccccc2O)n1.Cl. The smallest absolute Gasteiger partial charge is 0.120 e. The monoisotopic (exact) mass is 295 g/mol. The molecule has 0 unspecified atom stereocenters. The molecule has 0 radical (unpaired) electrons. The van der Waals surface area contributed by atoms with Crippen LogP contribution in [0.15, 0.2) is 36.5 Å². The highest BCUT2D eigenvalue weighted by atomic mass is 35.5. The predicted molar refractivity (Wildman–Crippen MR) is 83.0 cm³/mol. The highest BCUT2D eigenvalue weighted by Gasteiger charge is 2.02. The van der Waals surface area contributed by atoms with E-state index in [4.69, 9.17) is 0 Å². The highest BCUT2D eigenvalue weighted by molar-refractivity contribution is 5.85. The number of hydrogen-bond acceptors (Lipinski definition) is 3. The van der Waals surface area contributed by atoms with E-state index in [2.05, 4.69) is 24.3 Å². The Hall–Kier alpha value is -1.52. The molecule has 0 aliphatic rings. The van der Waals surface area contributed by atoms with Crippen molar-refractivity contribution in [2.75, 3.05) is 0 Å². The molecule has 2 rings (SSSR count). The molecule has 1 heterocycles. The zero-order valence-corrected chi connectivity index (χ0v) is 12.7. The lowest BCUT2D eigenvalue weighted by molar-refractivity contribution is 0.462. The molecule has 0 atom stereocenters. The third kappa shape index (κ3) is 4.87. The fourth-order valence-electron chi connectivity index (χ4n) is 1.96. The quantitative estimate of drug-likeness (QED) is 0.861. The minimum absolute atomic E-state index is 0. The van der Waals surface area contributed by atoms with Crippen molar-refractivity contribution >= 4 is 12.4 Å². The van der Waals surface area contributed by atoms with Gasteiger partial charge in [0, 0.05) is 31.4 Å². The van der Waals surface area contributed by atoms with Gasteiger partial charge in [0.15, 0.2) is 0 Å². The van der Waals surface area contributed by atoms with E-state index in [1.807, 2.05) is 35.1 Å². The van der Waals surface area contributed by atoms with Crippen molar-refractivity contribution in [3.05, 3.63) is 47.8 Å². The summed E-state index contributed by atoms with van der Waals surface area (Å²) in [6, 6.07) is 9.40. The topological polar surface area (TPSA) is 50.1 Å². The summed E-state index contributed by atoms with van der Waals surface area (Å²) < 4.78 is 1.97. The van der Waals surface area contributed by atoms with E-state index < -0.39 is 0 Å². The van der Waals surface area contributed by atoms with Crippen LogP contribution < -0.4 is 5.32 Å². The number of benzene rings is 1. The number of rotatable bonds is 6. The predicted octanol–water partition coefficient (Wildman–Crippen LogP) is 2.96. The van der Waals surface area contributed by atoms with E-state index in [1.165, 1.54) is 0 Å². The third-order valence-electron chi connectivity index (χ3n) is 2.86. The summed E-state index contributed by atoms with van der Waals surface area (Å²) in [5, 5.41) is 17.4. The summed E-state index contributed by atoms with van der Waals surface area (Å²) in [5.74, 6) is 0.933. The van der Waals surface area contributed by atoms with Crippen LogP contribution in [0.3, 0.4) is 0 Å². The van der Waals surface area contributed by atoms with Crippen molar-refractivity contribution in [3.8, 4) is 5.75 Å². The van der Waals surface area contributed by atoms with E-state index in [0.717, 1.165) is 17.8 Å². The normalized spacial score (nSPS) is 10.6. The molecule has 0 fully saturated rings. The van der Waals surface area contributed by atoms with Gasteiger partial charge in [-0.25, -0.2) is 0 Å². The van der Waals surface area contributed by atoms with Crippen LogP contribution in [-0.4, -0.2) is 14.9 Å². The molecule has 1 aromatic heterocycles. The summed E-state index contributed by atoms with van der Waals surface area (Å²) in [6.07, 6.45) is 2.01. The van der Waals surface area contributed by atoms with Gasteiger partial charge in [0.2, 0.25) is 0 Å². The van der Waals surface area contributed by atoms with Crippen LogP contribution in [0, 0.1) is 5.92 Å². The first-order valence-electron chi connectivity index (χ1n) is 6.65. The number of hydrogen-bond donors (Lipinski definition) is 2. The second-order valence-electron chi connectivity index (χ2n) is 5.16. The number of aromatic hydroxyl groups is 1. The first kappa shape index (κ1) is 16.5. The molecule has 2 N–H and O–H groups in total. The molecule has 2 aromatic rings. The Morgan fingerprint density at radius 3 is 2.65 bits per heavy atom. The maximum Gasteiger partial charge on any atom is 0.120 e. The van der Waals surface area contributed by atoms with Crippen molar-refractivity contribution in [2.45, 2.75) is 33.5 Å². The zero-order valence-electron chi connectivity index (χ0n) is 11.9. The van der Waals surface area contributed by atoms with E-state index in [9.17, 15) is 5.11 Å². The minimum Gasteiger partial charge on any atom is -0.508 e. The van der Waals surface area contributed by atoms with Gasteiger partial charge < -0.3 is 10.4 Å². The number of phenolic OH excluding ortho intramolecular Hbond substituents is 1. The number of aromatic nitrogens is 2. The number of nitrogens with one attached hydrogen (secondary N) is 1. The van der Waals surface area contributed by atoms with Crippen molar-refractivity contribution in [1.82, 2.24) is 15.1 Å². The minimum atomic E-state index is 0. The maximum atomic E-state index is 9.65. The Kier molecular flexibility index (Phi) is 6.55. The molecule has 1 aromatic carbocycles. The molecular formula is C15H22ClN3O. The van der Waals surface area contributed by atoms with Gasteiger partial charge in [-0.2, -0.15) is 5.10 Å². The van der Waals surface area contributed by atoms with Gasteiger partial charge in [-0.1, -0.05) is 32.0 Å². The summed E-state index contributed by atoms with van der Waals surface area (Å²) in [6.45, 7) is 6.65. The largest absolute Gasteiger partial charge is 0.508 e. The number of nitrogens with zero attached hydrogens (tertiary/aromatic N) is 2. The maximum absolute atomic E-state index is 9.65. The molecule has 0 bridgehead atoms. The molecule has 110 valence electrons. The summed E-state index contributed by atoms with van der Waals surface area (Å²) in [4.78, 5) is 0. The lowest BCUT2D eigenvalue weighted by Crippen LogP contribution is -2.14. The van der Waals surface area contributed by atoms with Gasteiger partial charge in [0.25, 0.3) is 0 Å². The molecule has 0 spiro atoms. The molecule has 0 amide bonds. The molecule has 5 heteroatoms.